The van der Waals surface area contributed by atoms with Crippen molar-refractivity contribution in [3.8, 4) is 5.75 Å². The maximum atomic E-state index is 12.6. The minimum atomic E-state index is -0.345. The third-order valence-corrected chi connectivity index (χ3v) is 6.98. The van der Waals surface area contributed by atoms with Gasteiger partial charge in [-0.25, -0.2) is 4.79 Å². The van der Waals surface area contributed by atoms with Crippen LogP contribution in [0.2, 0.25) is 0 Å². The van der Waals surface area contributed by atoms with E-state index in [0.29, 0.717) is 29.8 Å². The second-order valence-electron chi connectivity index (χ2n) is 9.42. The Morgan fingerprint density at radius 1 is 1.19 bits per heavy atom. The van der Waals surface area contributed by atoms with Crippen LogP contribution in [-0.4, -0.2) is 43.1 Å². The van der Waals surface area contributed by atoms with Crippen molar-refractivity contribution in [2.75, 3.05) is 26.2 Å². The lowest BCUT2D eigenvalue weighted by Gasteiger charge is -2.44. The predicted molar refractivity (Wildman–Crippen MR) is 126 cm³/mol. The van der Waals surface area contributed by atoms with Crippen LogP contribution >= 0.6 is 0 Å². The van der Waals surface area contributed by atoms with Gasteiger partial charge in [0, 0.05) is 18.7 Å². The topological polar surface area (TPSA) is 71.8 Å². The molecule has 1 aromatic heterocycles. The van der Waals surface area contributed by atoms with Gasteiger partial charge in [-0.15, -0.1) is 0 Å². The molecule has 0 saturated carbocycles. The summed E-state index contributed by atoms with van der Waals surface area (Å²) >= 11 is 0. The smallest absolute Gasteiger partial charge is 0.336 e. The lowest BCUT2D eigenvalue weighted by atomic mass is 9.83. The van der Waals surface area contributed by atoms with Crippen LogP contribution in [0.1, 0.15) is 63.0 Å². The first-order valence-electron chi connectivity index (χ1n) is 12.3. The van der Waals surface area contributed by atoms with Gasteiger partial charge in [0.15, 0.2) is 6.61 Å². The van der Waals surface area contributed by atoms with Gasteiger partial charge < -0.3 is 19.4 Å². The molecule has 0 spiro atoms. The largest absolute Gasteiger partial charge is 0.483 e. The Kier molecular flexibility index (Phi) is 7.51. The zero-order valence-electron chi connectivity index (χ0n) is 19.5. The number of piperidine rings is 2. The number of rotatable bonds is 8. The Hall–Kier alpha value is -2.34. The normalized spacial score (nSPS) is 21.3. The number of hydrogen-bond acceptors (Lipinski definition) is 5. The molecule has 3 heterocycles. The van der Waals surface area contributed by atoms with Crippen molar-refractivity contribution in [1.82, 2.24) is 10.2 Å². The third-order valence-electron chi connectivity index (χ3n) is 6.98. The molecule has 2 aromatic rings. The fourth-order valence-corrected chi connectivity index (χ4v) is 5.40. The average molecular weight is 441 g/mol. The van der Waals surface area contributed by atoms with E-state index in [-0.39, 0.29) is 18.1 Å². The van der Waals surface area contributed by atoms with Crippen molar-refractivity contribution >= 4 is 16.9 Å². The summed E-state index contributed by atoms with van der Waals surface area (Å²) in [5.41, 5.74) is 2.04. The molecule has 6 nitrogen and oxygen atoms in total. The minimum Gasteiger partial charge on any atom is -0.483 e. The van der Waals surface area contributed by atoms with E-state index >= 15 is 0 Å². The fraction of sp³-hybridized carbons (Fsp3) is 0.615. The number of nitrogens with one attached hydrogen (secondary N) is 1. The van der Waals surface area contributed by atoms with Gasteiger partial charge in [0.1, 0.15) is 11.3 Å². The Morgan fingerprint density at radius 3 is 2.88 bits per heavy atom. The maximum Gasteiger partial charge on any atom is 0.336 e. The first kappa shape index (κ1) is 22.8. The van der Waals surface area contributed by atoms with Crippen LogP contribution in [0.4, 0.5) is 0 Å². The average Bonchev–Trinajstić information content (AvgIpc) is 2.79. The highest BCUT2D eigenvalue weighted by molar-refractivity contribution is 5.88. The van der Waals surface area contributed by atoms with Crippen molar-refractivity contribution in [1.29, 1.82) is 0 Å². The highest BCUT2D eigenvalue weighted by Gasteiger charge is 2.32. The first-order valence-corrected chi connectivity index (χ1v) is 12.3. The number of unbranched alkanes of at least 4 members (excludes halogenated alkanes) is 1. The molecular weight excluding hydrogens is 404 g/mol. The second-order valence-corrected chi connectivity index (χ2v) is 9.42. The first-order chi connectivity index (χ1) is 15.5. The number of hydrogen-bond donors (Lipinski definition) is 1. The zero-order valence-corrected chi connectivity index (χ0v) is 19.5. The summed E-state index contributed by atoms with van der Waals surface area (Å²) in [5, 5.41) is 3.92. The van der Waals surface area contributed by atoms with Gasteiger partial charge in [-0.1, -0.05) is 19.8 Å². The van der Waals surface area contributed by atoms with E-state index in [0.717, 1.165) is 35.8 Å². The van der Waals surface area contributed by atoms with Gasteiger partial charge in [-0.05, 0) is 87.7 Å². The minimum absolute atomic E-state index is 0.0357. The molecule has 1 aromatic carbocycles. The Balaban J connectivity index is 1.42. The predicted octanol–water partition coefficient (Wildman–Crippen LogP) is 4.20. The molecule has 32 heavy (non-hydrogen) atoms. The third kappa shape index (κ3) is 5.34. The van der Waals surface area contributed by atoms with Crippen LogP contribution in [0.3, 0.4) is 0 Å². The highest BCUT2D eigenvalue weighted by atomic mass is 16.5. The molecule has 2 atom stereocenters. The van der Waals surface area contributed by atoms with Crippen molar-refractivity contribution in [2.45, 2.75) is 71.3 Å². The Morgan fingerprint density at radius 2 is 2.03 bits per heavy atom. The van der Waals surface area contributed by atoms with Crippen molar-refractivity contribution < 1.29 is 13.9 Å². The van der Waals surface area contributed by atoms with Crippen LogP contribution < -0.4 is 15.7 Å². The van der Waals surface area contributed by atoms with Crippen LogP contribution in [0, 0.1) is 12.8 Å². The maximum absolute atomic E-state index is 12.6. The molecule has 2 saturated heterocycles. The number of benzene rings is 1. The van der Waals surface area contributed by atoms with E-state index in [1.807, 2.05) is 19.1 Å². The van der Waals surface area contributed by atoms with E-state index in [9.17, 15) is 9.59 Å². The van der Waals surface area contributed by atoms with E-state index in [1.54, 1.807) is 6.07 Å². The van der Waals surface area contributed by atoms with Crippen LogP contribution in [0.25, 0.3) is 11.0 Å². The van der Waals surface area contributed by atoms with Gasteiger partial charge in [-0.3, -0.25) is 4.79 Å². The fourth-order valence-electron chi connectivity index (χ4n) is 5.40. The Bertz CT molecular complexity index is 997. The zero-order chi connectivity index (χ0) is 22.5. The van der Waals surface area contributed by atoms with Crippen LogP contribution in [-0.2, 0) is 11.2 Å². The molecular formula is C26H36N2O4. The summed E-state index contributed by atoms with van der Waals surface area (Å²) in [6.45, 7) is 7.15. The lowest BCUT2D eigenvalue weighted by Crippen LogP contribution is -2.51. The molecule has 6 heteroatoms. The molecule has 2 fully saturated rings. The van der Waals surface area contributed by atoms with Crippen LogP contribution in [0.15, 0.2) is 27.4 Å². The van der Waals surface area contributed by atoms with E-state index in [4.69, 9.17) is 9.15 Å². The summed E-state index contributed by atoms with van der Waals surface area (Å²) in [7, 11) is 0. The molecule has 4 rings (SSSR count). The molecule has 174 valence electrons. The van der Waals surface area contributed by atoms with E-state index in [2.05, 4.69) is 17.1 Å². The second kappa shape index (κ2) is 10.5. The van der Waals surface area contributed by atoms with Gasteiger partial charge >= 0.3 is 5.63 Å². The molecule has 1 amide bonds. The number of amides is 1. The molecule has 2 unspecified atom stereocenters. The summed E-state index contributed by atoms with van der Waals surface area (Å²) in [6, 6.07) is 5.95. The summed E-state index contributed by atoms with van der Waals surface area (Å²) in [4.78, 5) is 27.3. The number of carbonyl (C=O) groups excluding carboxylic acids is 1. The van der Waals surface area contributed by atoms with E-state index in [1.165, 1.54) is 45.2 Å². The molecule has 1 N–H and O–H groups in total. The lowest BCUT2D eigenvalue weighted by molar-refractivity contribution is -0.123. The van der Waals surface area contributed by atoms with Crippen molar-refractivity contribution in [2.24, 2.45) is 5.92 Å². The van der Waals surface area contributed by atoms with Gasteiger partial charge in [0.05, 0.1) is 5.39 Å². The molecule has 0 bridgehead atoms. The SMILES string of the molecule is CCCCc1cc(=O)oc2cc(C)cc(OCC(=O)NCC3CCCN4CCCCC34)c12. The standard InChI is InChI=1S/C26H36N2O4/c1-3-4-8-19-15-25(30)32-23-14-18(2)13-22(26(19)23)31-17-24(29)27-16-20-9-7-12-28-11-6-5-10-21(20)28/h13-15,20-21H,3-12,16-17H2,1-2H3,(H,27,29). The molecule has 0 aliphatic carbocycles. The number of carbonyl (C=O) groups is 1. The van der Waals surface area contributed by atoms with Crippen LogP contribution in [0.5, 0.6) is 5.75 Å². The molecule has 2 aliphatic heterocycles. The summed E-state index contributed by atoms with van der Waals surface area (Å²) in [5.74, 6) is 1.05. The Labute approximate surface area is 190 Å². The number of aryl methyl sites for hydroxylation is 2. The molecule has 2 aliphatic rings. The van der Waals surface area contributed by atoms with Gasteiger partial charge in [0.2, 0.25) is 0 Å². The summed E-state index contributed by atoms with van der Waals surface area (Å²) < 4.78 is 11.4. The molecule has 0 radical (unpaired) electrons. The number of ether oxygens (including phenoxy) is 1. The number of fused-ring (bicyclic) bond motifs is 2. The quantitative estimate of drug-likeness (QED) is 0.623. The summed E-state index contributed by atoms with van der Waals surface area (Å²) in [6.07, 6.45) is 9.04. The van der Waals surface area contributed by atoms with E-state index < -0.39 is 0 Å². The van der Waals surface area contributed by atoms with Gasteiger partial charge in [0.25, 0.3) is 5.91 Å². The van der Waals surface area contributed by atoms with Crippen molar-refractivity contribution in [3.05, 3.63) is 39.7 Å². The highest BCUT2D eigenvalue weighted by Crippen LogP contribution is 2.32. The van der Waals surface area contributed by atoms with Crippen molar-refractivity contribution in [3.63, 3.8) is 0 Å². The monoisotopic (exact) mass is 440 g/mol. The number of nitrogens with zero attached hydrogens (tertiary/aromatic N) is 1. The van der Waals surface area contributed by atoms with Gasteiger partial charge in [-0.2, -0.15) is 0 Å².